The Balaban J connectivity index is 1.86. The monoisotopic (exact) mass is 276 g/mol. The maximum atomic E-state index is 11.2. The van der Waals surface area contributed by atoms with Crippen molar-refractivity contribution in [2.45, 2.75) is 45.2 Å². The zero-order valence-electron chi connectivity index (χ0n) is 12.3. The fourth-order valence-corrected chi connectivity index (χ4v) is 2.92. The molecular formula is C16H24N2O2. The molecule has 0 saturated carbocycles. The number of hydrogen-bond donors (Lipinski definition) is 2. The van der Waals surface area contributed by atoms with Crippen LogP contribution in [0.4, 0.5) is 5.69 Å². The molecule has 0 radical (unpaired) electrons. The van der Waals surface area contributed by atoms with Crippen molar-refractivity contribution in [1.82, 2.24) is 4.90 Å². The van der Waals surface area contributed by atoms with Crippen LogP contribution in [-0.4, -0.2) is 41.1 Å². The number of anilines is 1. The van der Waals surface area contributed by atoms with E-state index < -0.39 is 5.97 Å². The average Bonchev–Trinajstić information content (AvgIpc) is 2.41. The molecule has 1 aliphatic rings. The van der Waals surface area contributed by atoms with Gasteiger partial charge in [-0.25, -0.2) is 0 Å². The van der Waals surface area contributed by atoms with Gasteiger partial charge in [0.2, 0.25) is 0 Å². The summed E-state index contributed by atoms with van der Waals surface area (Å²) in [7, 11) is 0. The number of carboxylic acid groups (broad SMARTS) is 1. The van der Waals surface area contributed by atoms with E-state index in [1.807, 2.05) is 6.92 Å². The second kappa shape index (κ2) is 6.75. The Labute approximate surface area is 120 Å². The summed E-state index contributed by atoms with van der Waals surface area (Å²) in [4.78, 5) is 13.3. The Morgan fingerprint density at radius 1 is 1.45 bits per heavy atom. The maximum Gasteiger partial charge on any atom is 0.320 e. The van der Waals surface area contributed by atoms with Crippen LogP contribution >= 0.6 is 0 Å². The molecule has 0 bridgehead atoms. The van der Waals surface area contributed by atoms with Crippen molar-refractivity contribution in [3.05, 3.63) is 29.8 Å². The molecule has 0 unspecified atom stereocenters. The van der Waals surface area contributed by atoms with E-state index in [9.17, 15) is 9.90 Å². The lowest BCUT2D eigenvalue weighted by molar-refractivity contribution is -0.143. The topological polar surface area (TPSA) is 52.6 Å². The summed E-state index contributed by atoms with van der Waals surface area (Å²) in [5.41, 5.74) is 2.41. The summed E-state index contributed by atoms with van der Waals surface area (Å²) in [6.07, 6.45) is 2.67. The minimum Gasteiger partial charge on any atom is -0.480 e. The number of aliphatic carboxylic acids is 1. The SMILES string of the molecule is CC[C@H](C(=O)O)N1CCC(Nc2cccc(C)c2)CC1. The molecule has 1 aromatic rings. The molecule has 1 fully saturated rings. The smallest absolute Gasteiger partial charge is 0.320 e. The van der Waals surface area contributed by atoms with Gasteiger partial charge in [-0.3, -0.25) is 9.69 Å². The second-order valence-electron chi connectivity index (χ2n) is 5.59. The number of rotatable bonds is 5. The van der Waals surface area contributed by atoms with Crippen LogP contribution in [0.1, 0.15) is 31.7 Å². The molecule has 2 N–H and O–H groups in total. The van der Waals surface area contributed by atoms with Crippen LogP contribution in [0.5, 0.6) is 0 Å². The van der Waals surface area contributed by atoms with Crippen molar-refractivity contribution < 1.29 is 9.90 Å². The highest BCUT2D eigenvalue weighted by atomic mass is 16.4. The first-order valence-electron chi connectivity index (χ1n) is 7.40. The highest BCUT2D eigenvalue weighted by Gasteiger charge is 2.28. The molecule has 0 aliphatic carbocycles. The van der Waals surface area contributed by atoms with E-state index in [0.29, 0.717) is 12.5 Å². The molecule has 4 nitrogen and oxygen atoms in total. The summed E-state index contributed by atoms with van der Waals surface area (Å²) in [6, 6.07) is 8.51. The van der Waals surface area contributed by atoms with Crippen LogP contribution in [0.25, 0.3) is 0 Å². The minimum atomic E-state index is -0.697. The summed E-state index contributed by atoms with van der Waals surface area (Å²) >= 11 is 0. The largest absolute Gasteiger partial charge is 0.480 e. The molecule has 2 rings (SSSR count). The van der Waals surface area contributed by atoms with Gasteiger partial charge >= 0.3 is 5.97 Å². The third kappa shape index (κ3) is 3.73. The molecule has 110 valence electrons. The number of piperidine rings is 1. The molecule has 1 aliphatic heterocycles. The standard InChI is InChI=1S/C16H24N2O2/c1-3-15(16(19)20)18-9-7-13(8-10-18)17-14-6-4-5-12(2)11-14/h4-6,11,13,15,17H,3,7-10H2,1-2H3,(H,19,20)/t15-/m1/s1. The molecule has 1 aromatic carbocycles. The van der Waals surface area contributed by atoms with Crippen molar-refractivity contribution in [2.75, 3.05) is 18.4 Å². The van der Waals surface area contributed by atoms with Crippen molar-refractivity contribution >= 4 is 11.7 Å². The predicted molar refractivity (Wildman–Crippen MR) is 81.1 cm³/mol. The Morgan fingerprint density at radius 3 is 2.70 bits per heavy atom. The number of carbonyl (C=O) groups is 1. The first kappa shape index (κ1) is 14.9. The van der Waals surface area contributed by atoms with Gasteiger partial charge in [0.05, 0.1) is 0 Å². The normalized spacial score (nSPS) is 18.7. The van der Waals surface area contributed by atoms with Gasteiger partial charge in [0, 0.05) is 24.8 Å². The molecule has 20 heavy (non-hydrogen) atoms. The predicted octanol–water partition coefficient (Wildman–Crippen LogP) is 2.73. The van der Waals surface area contributed by atoms with Crippen LogP contribution in [0.15, 0.2) is 24.3 Å². The molecule has 1 saturated heterocycles. The molecule has 4 heteroatoms. The van der Waals surface area contributed by atoms with Crippen LogP contribution in [0.3, 0.4) is 0 Å². The van der Waals surface area contributed by atoms with Gasteiger partial charge in [-0.05, 0) is 43.9 Å². The number of benzene rings is 1. The number of aryl methyl sites for hydroxylation is 1. The van der Waals surface area contributed by atoms with Crippen molar-refractivity contribution in [2.24, 2.45) is 0 Å². The Hall–Kier alpha value is -1.55. The van der Waals surface area contributed by atoms with Gasteiger partial charge in [0.1, 0.15) is 6.04 Å². The van der Waals surface area contributed by atoms with Crippen LogP contribution in [0, 0.1) is 6.92 Å². The maximum absolute atomic E-state index is 11.2. The molecule has 1 atom stereocenters. The zero-order chi connectivity index (χ0) is 14.5. The minimum absolute atomic E-state index is 0.324. The lowest BCUT2D eigenvalue weighted by atomic mass is 10.0. The van der Waals surface area contributed by atoms with Gasteiger partial charge in [-0.2, -0.15) is 0 Å². The molecule has 0 amide bonds. The fourth-order valence-electron chi connectivity index (χ4n) is 2.92. The first-order valence-corrected chi connectivity index (χ1v) is 7.40. The van der Waals surface area contributed by atoms with Crippen LogP contribution in [0.2, 0.25) is 0 Å². The Kier molecular flexibility index (Phi) is 5.01. The highest BCUT2D eigenvalue weighted by Crippen LogP contribution is 2.19. The first-order chi connectivity index (χ1) is 9.60. The van der Waals surface area contributed by atoms with Crippen LogP contribution < -0.4 is 5.32 Å². The highest BCUT2D eigenvalue weighted by molar-refractivity contribution is 5.73. The number of nitrogens with zero attached hydrogens (tertiary/aromatic N) is 1. The van der Waals surface area contributed by atoms with E-state index in [4.69, 9.17) is 0 Å². The van der Waals surface area contributed by atoms with E-state index in [1.165, 1.54) is 5.56 Å². The van der Waals surface area contributed by atoms with E-state index in [-0.39, 0.29) is 6.04 Å². The van der Waals surface area contributed by atoms with Crippen molar-refractivity contribution in [3.63, 3.8) is 0 Å². The van der Waals surface area contributed by atoms with Gasteiger partial charge in [0.15, 0.2) is 0 Å². The summed E-state index contributed by atoms with van der Waals surface area (Å²) < 4.78 is 0. The Bertz CT molecular complexity index is 454. The van der Waals surface area contributed by atoms with Crippen LogP contribution in [-0.2, 0) is 4.79 Å². The number of nitrogens with one attached hydrogen (secondary N) is 1. The summed E-state index contributed by atoms with van der Waals surface area (Å²) in [6.45, 7) is 5.74. The quantitative estimate of drug-likeness (QED) is 0.868. The molecular weight excluding hydrogens is 252 g/mol. The average molecular weight is 276 g/mol. The van der Waals surface area contributed by atoms with Gasteiger partial charge < -0.3 is 10.4 Å². The van der Waals surface area contributed by atoms with Crippen molar-refractivity contribution in [3.8, 4) is 0 Å². The second-order valence-corrected chi connectivity index (χ2v) is 5.59. The van der Waals surface area contributed by atoms with Crippen molar-refractivity contribution in [1.29, 1.82) is 0 Å². The molecule has 1 heterocycles. The zero-order valence-corrected chi connectivity index (χ0v) is 12.3. The van der Waals surface area contributed by atoms with Gasteiger partial charge in [-0.15, -0.1) is 0 Å². The van der Waals surface area contributed by atoms with Gasteiger partial charge in [0.25, 0.3) is 0 Å². The number of likely N-dealkylation sites (tertiary alicyclic amines) is 1. The summed E-state index contributed by atoms with van der Waals surface area (Å²) in [5.74, 6) is -0.697. The third-order valence-electron chi connectivity index (χ3n) is 4.03. The van der Waals surface area contributed by atoms with E-state index in [0.717, 1.165) is 31.6 Å². The van der Waals surface area contributed by atoms with E-state index in [1.54, 1.807) is 0 Å². The number of hydrogen-bond acceptors (Lipinski definition) is 3. The lowest BCUT2D eigenvalue weighted by Gasteiger charge is -2.36. The summed E-state index contributed by atoms with van der Waals surface area (Å²) in [5, 5.41) is 12.8. The molecule has 0 spiro atoms. The fraction of sp³-hybridized carbons (Fsp3) is 0.562. The van der Waals surface area contributed by atoms with E-state index >= 15 is 0 Å². The lowest BCUT2D eigenvalue weighted by Crippen LogP contribution is -2.47. The van der Waals surface area contributed by atoms with Gasteiger partial charge in [-0.1, -0.05) is 19.1 Å². The molecule has 0 aromatic heterocycles. The number of carboxylic acids is 1. The Morgan fingerprint density at radius 2 is 2.15 bits per heavy atom. The third-order valence-corrected chi connectivity index (χ3v) is 4.03. The van der Waals surface area contributed by atoms with E-state index in [2.05, 4.69) is 41.4 Å².